The molecule has 3 aromatic rings. The van der Waals surface area contributed by atoms with Crippen LogP contribution in [0.2, 0.25) is 0 Å². The second-order valence-electron chi connectivity index (χ2n) is 6.39. The zero-order valence-corrected chi connectivity index (χ0v) is 15.2. The maximum Gasteiger partial charge on any atom is 0.127 e. The topological polar surface area (TPSA) is 21.3 Å². The lowest BCUT2D eigenvalue weighted by molar-refractivity contribution is 0.307. The summed E-state index contributed by atoms with van der Waals surface area (Å²) < 4.78 is 6.12. The first-order chi connectivity index (χ1) is 12.2. The summed E-state index contributed by atoms with van der Waals surface area (Å²) in [6.45, 7) is 5.82. The van der Waals surface area contributed by atoms with Crippen molar-refractivity contribution in [2.75, 3.05) is 7.05 Å². The summed E-state index contributed by atoms with van der Waals surface area (Å²) in [5, 5.41) is 3.25. The Balaban J connectivity index is 1.90. The van der Waals surface area contributed by atoms with Crippen molar-refractivity contribution in [3.63, 3.8) is 0 Å². The third kappa shape index (κ3) is 4.09. The lowest BCUT2D eigenvalue weighted by atomic mass is 9.95. The summed E-state index contributed by atoms with van der Waals surface area (Å²) in [6.07, 6.45) is 0. The van der Waals surface area contributed by atoms with Gasteiger partial charge in [-0.1, -0.05) is 60.7 Å². The van der Waals surface area contributed by atoms with Crippen LogP contribution >= 0.6 is 0 Å². The second kappa shape index (κ2) is 8.00. The normalized spacial score (nSPS) is 10.7. The molecule has 3 rings (SSSR count). The molecular weight excluding hydrogens is 306 g/mol. The van der Waals surface area contributed by atoms with Crippen LogP contribution in [0, 0.1) is 13.8 Å². The Hall–Kier alpha value is -2.58. The third-order valence-electron chi connectivity index (χ3n) is 4.48. The van der Waals surface area contributed by atoms with Gasteiger partial charge in [-0.15, -0.1) is 0 Å². The molecule has 0 heterocycles. The number of para-hydroxylation sites is 1. The lowest BCUT2D eigenvalue weighted by Crippen LogP contribution is -2.08. The monoisotopic (exact) mass is 331 g/mol. The van der Waals surface area contributed by atoms with Gasteiger partial charge in [-0.05, 0) is 54.8 Å². The largest absolute Gasteiger partial charge is 0.488 e. The first-order valence-corrected chi connectivity index (χ1v) is 8.70. The number of hydrogen-bond donors (Lipinski definition) is 1. The average Bonchev–Trinajstić information content (AvgIpc) is 2.64. The van der Waals surface area contributed by atoms with E-state index in [1.165, 1.54) is 27.8 Å². The Morgan fingerprint density at radius 2 is 1.48 bits per heavy atom. The predicted molar refractivity (Wildman–Crippen MR) is 105 cm³/mol. The predicted octanol–water partition coefficient (Wildman–Crippen LogP) is 5.27. The number of aryl methyl sites for hydroxylation is 2. The van der Waals surface area contributed by atoms with Crippen molar-refractivity contribution in [3.8, 4) is 16.9 Å². The minimum Gasteiger partial charge on any atom is -0.488 e. The van der Waals surface area contributed by atoms with E-state index in [2.05, 4.69) is 55.6 Å². The summed E-state index contributed by atoms with van der Waals surface area (Å²) in [6, 6.07) is 23.1. The van der Waals surface area contributed by atoms with Crippen LogP contribution in [0.1, 0.15) is 22.3 Å². The summed E-state index contributed by atoms with van der Waals surface area (Å²) >= 11 is 0. The number of rotatable bonds is 6. The fraction of sp³-hybridized carbons (Fsp3) is 0.217. The van der Waals surface area contributed by atoms with Crippen molar-refractivity contribution in [1.82, 2.24) is 5.32 Å². The summed E-state index contributed by atoms with van der Waals surface area (Å²) in [5.41, 5.74) is 7.51. The van der Waals surface area contributed by atoms with Crippen LogP contribution in [0.15, 0.2) is 66.7 Å². The maximum atomic E-state index is 6.12. The van der Waals surface area contributed by atoms with E-state index in [1.54, 1.807) is 0 Å². The molecule has 0 amide bonds. The van der Waals surface area contributed by atoms with Gasteiger partial charge < -0.3 is 10.1 Å². The molecule has 0 unspecified atom stereocenters. The molecule has 0 atom stereocenters. The molecule has 1 N–H and O–H groups in total. The van der Waals surface area contributed by atoms with Gasteiger partial charge in [0, 0.05) is 12.1 Å². The van der Waals surface area contributed by atoms with E-state index in [0.29, 0.717) is 6.61 Å². The van der Waals surface area contributed by atoms with Crippen molar-refractivity contribution < 1.29 is 4.74 Å². The highest BCUT2D eigenvalue weighted by atomic mass is 16.5. The summed E-state index contributed by atoms with van der Waals surface area (Å²) in [7, 11) is 1.99. The molecule has 0 aromatic heterocycles. The molecule has 25 heavy (non-hydrogen) atoms. The molecule has 0 aliphatic rings. The molecule has 0 radical (unpaired) electrons. The van der Waals surface area contributed by atoms with Crippen LogP contribution in [0.4, 0.5) is 0 Å². The van der Waals surface area contributed by atoms with Crippen LogP contribution in [-0.4, -0.2) is 7.05 Å². The van der Waals surface area contributed by atoms with Gasteiger partial charge in [0.1, 0.15) is 12.4 Å². The van der Waals surface area contributed by atoms with Crippen molar-refractivity contribution in [2.24, 2.45) is 0 Å². The first kappa shape index (κ1) is 17.2. The van der Waals surface area contributed by atoms with E-state index in [9.17, 15) is 0 Å². The SMILES string of the molecule is CNCc1c(C)cc(-c2ccccc2OCc2ccccc2)cc1C. The minimum atomic E-state index is 0.577. The fourth-order valence-corrected chi connectivity index (χ4v) is 3.17. The van der Waals surface area contributed by atoms with E-state index < -0.39 is 0 Å². The molecule has 0 bridgehead atoms. The number of benzene rings is 3. The Morgan fingerprint density at radius 1 is 0.840 bits per heavy atom. The highest BCUT2D eigenvalue weighted by Crippen LogP contribution is 2.33. The average molecular weight is 331 g/mol. The van der Waals surface area contributed by atoms with Gasteiger partial charge in [0.05, 0.1) is 0 Å². The molecule has 2 nitrogen and oxygen atoms in total. The van der Waals surface area contributed by atoms with Gasteiger partial charge in [0.15, 0.2) is 0 Å². The van der Waals surface area contributed by atoms with E-state index in [0.717, 1.165) is 17.9 Å². The fourth-order valence-electron chi connectivity index (χ4n) is 3.17. The Kier molecular flexibility index (Phi) is 5.52. The molecule has 3 aromatic carbocycles. The van der Waals surface area contributed by atoms with Crippen molar-refractivity contribution in [3.05, 3.63) is 89.0 Å². The van der Waals surface area contributed by atoms with Crippen LogP contribution in [0.5, 0.6) is 5.75 Å². The van der Waals surface area contributed by atoms with E-state index >= 15 is 0 Å². The minimum absolute atomic E-state index is 0.577. The molecule has 0 spiro atoms. The molecule has 128 valence electrons. The Morgan fingerprint density at radius 3 is 2.16 bits per heavy atom. The first-order valence-electron chi connectivity index (χ1n) is 8.70. The maximum absolute atomic E-state index is 6.12. The van der Waals surface area contributed by atoms with E-state index in [1.807, 2.05) is 37.4 Å². The molecule has 0 saturated heterocycles. The molecule has 0 aliphatic heterocycles. The quantitative estimate of drug-likeness (QED) is 0.664. The van der Waals surface area contributed by atoms with Crippen LogP contribution in [0.3, 0.4) is 0 Å². The van der Waals surface area contributed by atoms with Crippen molar-refractivity contribution in [1.29, 1.82) is 0 Å². The van der Waals surface area contributed by atoms with Crippen LogP contribution in [0.25, 0.3) is 11.1 Å². The van der Waals surface area contributed by atoms with Crippen molar-refractivity contribution in [2.45, 2.75) is 27.0 Å². The molecule has 0 aliphatic carbocycles. The van der Waals surface area contributed by atoms with Crippen LogP contribution < -0.4 is 10.1 Å². The van der Waals surface area contributed by atoms with Gasteiger partial charge in [-0.3, -0.25) is 0 Å². The smallest absolute Gasteiger partial charge is 0.127 e. The highest BCUT2D eigenvalue weighted by molar-refractivity contribution is 5.72. The van der Waals surface area contributed by atoms with Crippen LogP contribution in [-0.2, 0) is 13.2 Å². The zero-order valence-electron chi connectivity index (χ0n) is 15.2. The molecular formula is C23H25NO. The van der Waals surface area contributed by atoms with Gasteiger partial charge in [-0.25, -0.2) is 0 Å². The second-order valence-corrected chi connectivity index (χ2v) is 6.39. The zero-order chi connectivity index (χ0) is 17.6. The summed E-state index contributed by atoms with van der Waals surface area (Å²) in [4.78, 5) is 0. The summed E-state index contributed by atoms with van der Waals surface area (Å²) in [5.74, 6) is 0.923. The Bertz CT molecular complexity index is 817. The molecule has 0 fully saturated rings. The number of ether oxygens (including phenoxy) is 1. The van der Waals surface area contributed by atoms with Gasteiger partial charge in [0.2, 0.25) is 0 Å². The van der Waals surface area contributed by atoms with Gasteiger partial charge in [-0.2, -0.15) is 0 Å². The highest BCUT2D eigenvalue weighted by Gasteiger charge is 2.10. The number of hydrogen-bond acceptors (Lipinski definition) is 2. The van der Waals surface area contributed by atoms with E-state index in [4.69, 9.17) is 4.74 Å². The third-order valence-corrected chi connectivity index (χ3v) is 4.48. The van der Waals surface area contributed by atoms with Gasteiger partial charge in [0.25, 0.3) is 0 Å². The van der Waals surface area contributed by atoms with Gasteiger partial charge >= 0.3 is 0 Å². The standard InChI is InChI=1S/C23H25NO/c1-17-13-20(14-18(2)22(17)15-24-3)21-11-7-8-12-23(21)25-16-19-9-5-4-6-10-19/h4-14,24H,15-16H2,1-3H3. The number of nitrogens with one attached hydrogen (secondary N) is 1. The van der Waals surface area contributed by atoms with Crippen molar-refractivity contribution >= 4 is 0 Å². The molecule has 0 saturated carbocycles. The molecule has 2 heteroatoms. The lowest BCUT2D eigenvalue weighted by Gasteiger charge is -2.15. The van der Waals surface area contributed by atoms with E-state index in [-0.39, 0.29) is 0 Å². The Labute approximate surface area is 150 Å².